The number of anilines is 2. The Morgan fingerprint density at radius 2 is 2.18 bits per heavy atom. The van der Waals surface area contributed by atoms with Gasteiger partial charge >= 0.3 is 0 Å². The average molecular weight is 305 g/mol. The molecule has 0 spiro atoms. The van der Waals surface area contributed by atoms with Crippen LogP contribution in [0.1, 0.15) is 31.2 Å². The molecule has 0 atom stereocenters. The summed E-state index contributed by atoms with van der Waals surface area (Å²) in [6.07, 6.45) is 5.57. The molecule has 2 N–H and O–H groups in total. The minimum Gasteiger partial charge on any atom is -0.396 e. The lowest BCUT2D eigenvalue weighted by atomic mass is 9.91. The van der Waals surface area contributed by atoms with Gasteiger partial charge in [-0.05, 0) is 25.7 Å². The number of fused-ring (bicyclic) bond motifs is 1. The summed E-state index contributed by atoms with van der Waals surface area (Å²) in [4.78, 5) is 25.1. The van der Waals surface area contributed by atoms with Gasteiger partial charge in [0, 0.05) is 26.2 Å². The summed E-state index contributed by atoms with van der Waals surface area (Å²) in [5.74, 6) is 1.74. The number of amides is 1. The molecule has 1 fully saturated rings. The molecule has 0 unspecified atom stereocenters. The Labute approximate surface area is 130 Å². The van der Waals surface area contributed by atoms with Gasteiger partial charge in [0.05, 0.1) is 18.7 Å². The van der Waals surface area contributed by atoms with Crippen LogP contribution >= 0.6 is 0 Å². The standard InChI is InChI=1S/C15H23N5O2/c1-19-9-13(22)20(11-4-2-5-11)8-12-14(16-6-3-7-21)17-10-18-15(12)19/h10-11,21H,2-9H2,1H3,(H,16,17,18). The highest BCUT2D eigenvalue weighted by atomic mass is 16.3. The van der Waals surface area contributed by atoms with Crippen molar-refractivity contribution >= 4 is 17.5 Å². The summed E-state index contributed by atoms with van der Waals surface area (Å²) in [6, 6.07) is 0.359. The van der Waals surface area contributed by atoms with E-state index in [1.54, 1.807) is 0 Å². The second-order valence-electron chi connectivity index (χ2n) is 5.99. The number of aliphatic hydroxyl groups excluding tert-OH is 1. The predicted molar refractivity (Wildman–Crippen MR) is 83.7 cm³/mol. The van der Waals surface area contributed by atoms with Gasteiger partial charge in [0.2, 0.25) is 5.91 Å². The highest BCUT2D eigenvalue weighted by molar-refractivity contribution is 5.84. The fourth-order valence-electron chi connectivity index (χ4n) is 2.97. The zero-order chi connectivity index (χ0) is 15.5. The van der Waals surface area contributed by atoms with Crippen LogP contribution in [0.2, 0.25) is 0 Å². The lowest BCUT2D eigenvalue weighted by molar-refractivity contribution is -0.134. The number of carbonyl (C=O) groups is 1. The van der Waals surface area contributed by atoms with Crippen molar-refractivity contribution in [3.05, 3.63) is 11.9 Å². The van der Waals surface area contributed by atoms with Crippen LogP contribution in [0.4, 0.5) is 11.6 Å². The molecular formula is C15H23N5O2. The number of nitrogens with zero attached hydrogens (tertiary/aromatic N) is 4. The topological polar surface area (TPSA) is 81.6 Å². The number of hydrogen-bond donors (Lipinski definition) is 2. The van der Waals surface area contributed by atoms with Gasteiger partial charge in [-0.1, -0.05) is 0 Å². The third kappa shape index (κ3) is 2.85. The first-order valence-electron chi connectivity index (χ1n) is 7.90. The monoisotopic (exact) mass is 305 g/mol. The molecule has 0 radical (unpaired) electrons. The molecule has 1 aliphatic heterocycles. The molecule has 1 aliphatic carbocycles. The maximum Gasteiger partial charge on any atom is 0.242 e. The first-order chi connectivity index (χ1) is 10.7. The highest BCUT2D eigenvalue weighted by Crippen LogP contribution is 2.32. The van der Waals surface area contributed by atoms with Crippen molar-refractivity contribution < 1.29 is 9.90 Å². The van der Waals surface area contributed by atoms with E-state index in [2.05, 4.69) is 15.3 Å². The van der Waals surface area contributed by atoms with Gasteiger partial charge in [0.1, 0.15) is 18.0 Å². The van der Waals surface area contributed by atoms with Gasteiger partial charge < -0.3 is 20.2 Å². The maximum atomic E-state index is 12.5. The first-order valence-corrected chi connectivity index (χ1v) is 7.90. The Morgan fingerprint density at radius 3 is 2.86 bits per heavy atom. The van der Waals surface area contributed by atoms with Gasteiger partial charge in [-0.2, -0.15) is 0 Å². The molecule has 0 bridgehead atoms. The van der Waals surface area contributed by atoms with E-state index in [-0.39, 0.29) is 12.5 Å². The van der Waals surface area contributed by atoms with Crippen molar-refractivity contribution in [3.8, 4) is 0 Å². The molecule has 0 aromatic carbocycles. The summed E-state index contributed by atoms with van der Waals surface area (Å²) in [5, 5.41) is 12.2. The van der Waals surface area contributed by atoms with Crippen molar-refractivity contribution in [1.82, 2.24) is 14.9 Å². The quantitative estimate of drug-likeness (QED) is 0.776. The molecule has 7 nitrogen and oxygen atoms in total. The molecular weight excluding hydrogens is 282 g/mol. The maximum absolute atomic E-state index is 12.5. The number of rotatable bonds is 5. The van der Waals surface area contributed by atoms with Crippen LogP contribution in [0, 0.1) is 0 Å². The van der Waals surface area contributed by atoms with Crippen molar-refractivity contribution in [2.45, 2.75) is 38.3 Å². The number of aliphatic hydroxyl groups is 1. The average Bonchev–Trinajstić information content (AvgIpc) is 2.57. The number of carbonyl (C=O) groups excluding carboxylic acids is 1. The Balaban J connectivity index is 1.88. The zero-order valence-corrected chi connectivity index (χ0v) is 13.0. The minimum atomic E-state index is 0.146. The first kappa shape index (κ1) is 15.0. The van der Waals surface area contributed by atoms with E-state index in [4.69, 9.17) is 5.11 Å². The predicted octanol–water partition coefficient (Wildman–Crippen LogP) is 0.602. The van der Waals surface area contributed by atoms with E-state index < -0.39 is 0 Å². The molecule has 120 valence electrons. The second-order valence-corrected chi connectivity index (χ2v) is 5.99. The summed E-state index contributed by atoms with van der Waals surface area (Å²) >= 11 is 0. The Kier molecular flexibility index (Phi) is 4.42. The van der Waals surface area contributed by atoms with Crippen LogP contribution in [0.3, 0.4) is 0 Å². The molecule has 1 aromatic rings. The van der Waals surface area contributed by atoms with Gasteiger partial charge in [0.25, 0.3) is 0 Å². The van der Waals surface area contributed by atoms with E-state index in [1.165, 1.54) is 12.7 Å². The number of aromatic nitrogens is 2. The molecule has 1 saturated carbocycles. The summed E-state index contributed by atoms with van der Waals surface area (Å²) in [5.41, 5.74) is 0.973. The Bertz CT molecular complexity index is 547. The third-order valence-electron chi connectivity index (χ3n) is 4.45. The van der Waals surface area contributed by atoms with Crippen LogP contribution < -0.4 is 10.2 Å². The lowest BCUT2D eigenvalue weighted by Gasteiger charge is -2.37. The second kappa shape index (κ2) is 6.48. The number of hydrogen-bond acceptors (Lipinski definition) is 6. The van der Waals surface area contributed by atoms with Crippen LogP contribution in [-0.2, 0) is 11.3 Å². The molecule has 22 heavy (non-hydrogen) atoms. The van der Waals surface area contributed by atoms with E-state index in [1.807, 2.05) is 16.8 Å². The number of likely N-dealkylation sites (N-methyl/N-ethyl adjacent to an activating group) is 1. The van der Waals surface area contributed by atoms with Crippen LogP contribution in [0.15, 0.2) is 6.33 Å². The van der Waals surface area contributed by atoms with Crippen LogP contribution in [0.25, 0.3) is 0 Å². The molecule has 7 heteroatoms. The van der Waals surface area contributed by atoms with Gasteiger partial charge in [0.15, 0.2) is 0 Å². The van der Waals surface area contributed by atoms with E-state index >= 15 is 0 Å². The van der Waals surface area contributed by atoms with Gasteiger partial charge in [-0.25, -0.2) is 9.97 Å². The number of nitrogens with one attached hydrogen (secondary N) is 1. The summed E-state index contributed by atoms with van der Waals surface area (Å²) in [6.45, 7) is 1.72. The van der Waals surface area contributed by atoms with Gasteiger partial charge in [-0.15, -0.1) is 0 Å². The van der Waals surface area contributed by atoms with Crippen molar-refractivity contribution in [2.24, 2.45) is 0 Å². The SMILES string of the molecule is CN1CC(=O)N(C2CCC2)Cc2c(NCCCO)ncnc21. The van der Waals surface area contributed by atoms with E-state index in [0.717, 1.165) is 30.0 Å². The fraction of sp³-hybridized carbons (Fsp3) is 0.667. The van der Waals surface area contributed by atoms with Crippen molar-refractivity contribution in [2.75, 3.05) is 37.0 Å². The molecule has 2 heterocycles. The van der Waals surface area contributed by atoms with E-state index in [0.29, 0.717) is 32.1 Å². The Hall–Kier alpha value is -1.89. The molecule has 1 amide bonds. The minimum absolute atomic E-state index is 0.146. The molecule has 0 saturated heterocycles. The van der Waals surface area contributed by atoms with E-state index in [9.17, 15) is 4.79 Å². The molecule has 3 rings (SSSR count). The smallest absolute Gasteiger partial charge is 0.242 e. The largest absolute Gasteiger partial charge is 0.396 e. The third-order valence-corrected chi connectivity index (χ3v) is 4.45. The van der Waals surface area contributed by atoms with Gasteiger partial charge in [-0.3, -0.25) is 4.79 Å². The lowest BCUT2D eigenvalue weighted by Crippen LogP contribution is -2.45. The Morgan fingerprint density at radius 1 is 1.36 bits per heavy atom. The van der Waals surface area contributed by atoms with Crippen LogP contribution in [-0.4, -0.2) is 58.7 Å². The zero-order valence-electron chi connectivity index (χ0n) is 13.0. The van der Waals surface area contributed by atoms with Crippen molar-refractivity contribution in [3.63, 3.8) is 0 Å². The van der Waals surface area contributed by atoms with Crippen LogP contribution in [0.5, 0.6) is 0 Å². The fourth-order valence-corrected chi connectivity index (χ4v) is 2.97. The van der Waals surface area contributed by atoms with Crippen molar-refractivity contribution in [1.29, 1.82) is 0 Å². The normalized spacial score (nSPS) is 18.7. The summed E-state index contributed by atoms with van der Waals surface area (Å²) < 4.78 is 0. The molecule has 2 aliphatic rings. The molecule has 1 aromatic heterocycles. The highest BCUT2D eigenvalue weighted by Gasteiger charge is 2.33. The summed E-state index contributed by atoms with van der Waals surface area (Å²) in [7, 11) is 1.89.